The highest BCUT2D eigenvalue weighted by Gasteiger charge is 2.10. The Morgan fingerprint density at radius 2 is 1.72 bits per heavy atom. The molecule has 0 N–H and O–H groups in total. The standard InChI is InChI=1S/C21H21NO3/c1-3-4-5-15-6-8-17(9-7-15)20-14-19(22-25-20)16-10-12-18(13-11-16)21(23)24-2/h6-14H,3-5H2,1-2H3. The number of ether oxygens (including phenoxy) is 1. The summed E-state index contributed by atoms with van der Waals surface area (Å²) in [6.45, 7) is 2.20. The summed E-state index contributed by atoms with van der Waals surface area (Å²) in [7, 11) is 1.37. The third kappa shape index (κ3) is 3.97. The number of methoxy groups -OCH3 is 1. The first-order valence-corrected chi connectivity index (χ1v) is 8.46. The van der Waals surface area contributed by atoms with E-state index in [9.17, 15) is 4.79 Å². The lowest BCUT2D eigenvalue weighted by Gasteiger charge is -2.01. The minimum Gasteiger partial charge on any atom is -0.465 e. The van der Waals surface area contributed by atoms with E-state index in [1.54, 1.807) is 12.1 Å². The minimum absolute atomic E-state index is 0.351. The molecule has 0 unspecified atom stereocenters. The summed E-state index contributed by atoms with van der Waals surface area (Å²) in [4.78, 5) is 11.5. The summed E-state index contributed by atoms with van der Waals surface area (Å²) in [5.74, 6) is 0.379. The van der Waals surface area contributed by atoms with E-state index in [0.717, 1.165) is 29.0 Å². The van der Waals surface area contributed by atoms with E-state index in [0.29, 0.717) is 5.56 Å². The molecule has 0 aliphatic carbocycles. The van der Waals surface area contributed by atoms with E-state index < -0.39 is 0 Å². The number of esters is 1. The van der Waals surface area contributed by atoms with E-state index in [2.05, 4.69) is 36.3 Å². The Hall–Kier alpha value is -2.88. The number of benzene rings is 2. The molecule has 3 aromatic rings. The molecule has 1 aromatic heterocycles. The molecule has 0 fully saturated rings. The largest absolute Gasteiger partial charge is 0.465 e. The van der Waals surface area contributed by atoms with Gasteiger partial charge < -0.3 is 9.26 Å². The lowest BCUT2D eigenvalue weighted by atomic mass is 10.0. The van der Waals surface area contributed by atoms with Gasteiger partial charge in [-0.25, -0.2) is 4.79 Å². The van der Waals surface area contributed by atoms with Crippen molar-refractivity contribution in [2.75, 3.05) is 7.11 Å². The number of rotatable bonds is 6. The zero-order valence-corrected chi connectivity index (χ0v) is 14.5. The van der Waals surface area contributed by atoms with Crippen LogP contribution in [0.2, 0.25) is 0 Å². The second-order valence-electron chi connectivity index (χ2n) is 5.95. The molecular formula is C21H21NO3. The van der Waals surface area contributed by atoms with E-state index in [1.807, 2.05) is 18.2 Å². The smallest absolute Gasteiger partial charge is 0.337 e. The van der Waals surface area contributed by atoms with E-state index >= 15 is 0 Å². The number of unbranched alkanes of at least 4 members (excludes halogenated alkanes) is 1. The lowest BCUT2D eigenvalue weighted by Crippen LogP contribution is -2.00. The van der Waals surface area contributed by atoms with Crippen molar-refractivity contribution in [3.63, 3.8) is 0 Å². The van der Waals surface area contributed by atoms with E-state index in [1.165, 1.54) is 25.5 Å². The molecule has 0 spiro atoms. The monoisotopic (exact) mass is 335 g/mol. The molecule has 3 rings (SSSR count). The molecule has 0 bridgehead atoms. The summed E-state index contributed by atoms with van der Waals surface area (Å²) in [5.41, 5.74) is 4.48. The van der Waals surface area contributed by atoms with Crippen molar-refractivity contribution >= 4 is 5.97 Å². The van der Waals surface area contributed by atoms with Gasteiger partial charge in [-0.3, -0.25) is 0 Å². The average Bonchev–Trinajstić information content (AvgIpc) is 3.16. The minimum atomic E-state index is -0.351. The molecule has 0 amide bonds. The first kappa shape index (κ1) is 17.0. The van der Waals surface area contributed by atoms with Crippen molar-refractivity contribution < 1.29 is 14.1 Å². The molecule has 0 aliphatic rings. The predicted octanol–water partition coefficient (Wildman–Crippen LogP) is 5.14. The first-order valence-electron chi connectivity index (χ1n) is 8.46. The Bertz CT molecular complexity index is 832. The van der Waals surface area contributed by atoms with Crippen LogP contribution in [0.1, 0.15) is 35.7 Å². The Labute approximate surface area is 147 Å². The summed E-state index contributed by atoms with van der Waals surface area (Å²) in [5, 5.41) is 4.14. The normalized spacial score (nSPS) is 10.6. The third-order valence-corrected chi connectivity index (χ3v) is 4.17. The Morgan fingerprint density at radius 1 is 1.04 bits per heavy atom. The number of nitrogens with zero attached hydrogens (tertiary/aromatic N) is 1. The molecule has 0 aliphatic heterocycles. The molecule has 0 saturated carbocycles. The van der Waals surface area contributed by atoms with Crippen LogP contribution in [0.15, 0.2) is 59.1 Å². The second kappa shape index (κ2) is 7.79. The van der Waals surface area contributed by atoms with Gasteiger partial charge in [-0.2, -0.15) is 0 Å². The van der Waals surface area contributed by atoms with Crippen LogP contribution in [-0.2, 0) is 11.2 Å². The predicted molar refractivity (Wildman–Crippen MR) is 97.3 cm³/mol. The molecule has 128 valence electrons. The van der Waals surface area contributed by atoms with Gasteiger partial charge in [0.05, 0.1) is 12.7 Å². The fourth-order valence-electron chi connectivity index (χ4n) is 2.66. The Kier molecular flexibility index (Phi) is 5.29. The highest BCUT2D eigenvalue weighted by Crippen LogP contribution is 2.26. The average molecular weight is 335 g/mol. The van der Waals surface area contributed by atoms with Crippen LogP contribution in [0, 0.1) is 0 Å². The fraction of sp³-hybridized carbons (Fsp3) is 0.238. The third-order valence-electron chi connectivity index (χ3n) is 4.17. The highest BCUT2D eigenvalue weighted by molar-refractivity contribution is 5.89. The van der Waals surface area contributed by atoms with Crippen molar-refractivity contribution in [1.29, 1.82) is 0 Å². The number of carbonyl (C=O) groups is 1. The number of carbonyl (C=O) groups excluding carboxylic acids is 1. The molecule has 0 radical (unpaired) electrons. The van der Waals surface area contributed by atoms with Crippen LogP contribution < -0.4 is 0 Å². The van der Waals surface area contributed by atoms with Gasteiger partial charge in [0.2, 0.25) is 0 Å². The van der Waals surface area contributed by atoms with Gasteiger partial charge in [-0.15, -0.1) is 0 Å². The van der Waals surface area contributed by atoms with Crippen molar-refractivity contribution in [3.05, 3.63) is 65.7 Å². The number of aryl methyl sites for hydroxylation is 1. The van der Waals surface area contributed by atoms with Gasteiger partial charge in [0.25, 0.3) is 0 Å². The van der Waals surface area contributed by atoms with Gasteiger partial charge in [-0.05, 0) is 30.5 Å². The van der Waals surface area contributed by atoms with Crippen LogP contribution in [0.4, 0.5) is 0 Å². The molecule has 0 saturated heterocycles. The summed E-state index contributed by atoms with van der Waals surface area (Å²) < 4.78 is 10.2. The number of aromatic nitrogens is 1. The molecule has 4 heteroatoms. The van der Waals surface area contributed by atoms with Crippen LogP contribution in [0.25, 0.3) is 22.6 Å². The van der Waals surface area contributed by atoms with Crippen molar-refractivity contribution in [1.82, 2.24) is 5.16 Å². The maximum absolute atomic E-state index is 11.5. The van der Waals surface area contributed by atoms with Crippen molar-refractivity contribution in [2.45, 2.75) is 26.2 Å². The highest BCUT2D eigenvalue weighted by atomic mass is 16.5. The van der Waals surface area contributed by atoms with Crippen LogP contribution >= 0.6 is 0 Å². The number of hydrogen-bond donors (Lipinski definition) is 0. The van der Waals surface area contributed by atoms with Gasteiger partial charge >= 0.3 is 5.97 Å². The van der Waals surface area contributed by atoms with Crippen LogP contribution in [-0.4, -0.2) is 18.2 Å². The quantitative estimate of drug-likeness (QED) is 0.585. The molecular weight excluding hydrogens is 314 g/mol. The summed E-state index contributed by atoms with van der Waals surface area (Å²) >= 11 is 0. The molecule has 4 nitrogen and oxygen atoms in total. The molecule has 1 heterocycles. The second-order valence-corrected chi connectivity index (χ2v) is 5.95. The Balaban J connectivity index is 1.76. The molecule has 25 heavy (non-hydrogen) atoms. The Morgan fingerprint density at radius 3 is 2.36 bits per heavy atom. The van der Waals surface area contributed by atoms with Crippen LogP contribution in [0.5, 0.6) is 0 Å². The van der Waals surface area contributed by atoms with E-state index in [4.69, 9.17) is 9.26 Å². The topological polar surface area (TPSA) is 52.3 Å². The maximum Gasteiger partial charge on any atom is 0.337 e. The van der Waals surface area contributed by atoms with Gasteiger partial charge in [-0.1, -0.05) is 54.9 Å². The van der Waals surface area contributed by atoms with Crippen molar-refractivity contribution in [3.8, 4) is 22.6 Å². The first-order chi connectivity index (χ1) is 12.2. The maximum atomic E-state index is 11.5. The summed E-state index contributed by atoms with van der Waals surface area (Å²) in [6.07, 6.45) is 3.50. The van der Waals surface area contributed by atoms with Crippen LogP contribution in [0.3, 0.4) is 0 Å². The zero-order valence-electron chi connectivity index (χ0n) is 14.5. The summed E-state index contributed by atoms with van der Waals surface area (Å²) in [6, 6.07) is 17.4. The molecule has 0 atom stereocenters. The fourth-order valence-corrected chi connectivity index (χ4v) is 2.66. The SMILES string of the molecule is CCCCc1ccc(-c2cc(-c3ccc(C(=O)OC)cc3)no2)cc1. The van der Waals surface area contributed by atoms with Gasteiger partial charge in [0, 0.05) is 17.2 Å². The molecule has 2 aromatic carbocycles. The lowest BCUT2D eigenvalue weighted by molar-refractivity contribution is 0.0601. The van der Waals surface area contributed by atoms with Gasteiger partial charge in [0.1, 0.15) is 5.69 Å². The van der Waals surface area contributed by atoms with E-state index in [-0.39, 0.29) is 5.97 Å². The van der Waals surface area contributed by atoms with Gasteiger partial charge in [0.15, 0.2) is 5.76 Å². The zero-order chi connectivity index (χ0) is 17.6. The number of hydrogen-bond acceptors (Lipinski definition) is 4. The van der Waals surface area contributed by atoms with Crippen molar-refractivity contribution in [2.24, 2.45) is 0 Å².